The highest BCUT2D eigenvalue weighted by Crippen LogP contribution is 2.29. The molecule has 0 saturated carbocycles. The molecule has 5 nitrogen and oxygen atoms in total. The molecule has 1 rings (SSSR count). The molecule has 0 radical (unpaired) electrons. The Morgan fingerprint density at radius 2 is 1.65 bits per heavy atom. The number of methoxy groups -OCH3 is 2. The fourth-order valence-electron chi connectivity index (χ4n) is 1.87. The highest BCUT2D eigenvalue weighted by Gasteiger charge is 2.08. The molecule has 1 aromatic rings. The summed E-state index contributed by atoms with van der Waals surface area (Å²) < 4.78 is 21.5. The average Bonchev–Trinajstić information content (AvgIpc) is 2.47. The molecule has 0 unspecified atom stereocenters. The summed E-state index contributed by atoms with van der Waals surface area (Å²) in [5.74, 6) is 1.43. The van der Waals surface area contributed by atoms with E-state index in [4.69, 9.17) is 18.9 Å². The monoisotopic (exact) mass is 283 g/mol. The summed E-state index contributed by atoms with van der Waals surface area (Å²) in [7, 11) is 3.25. The lowest BCUT2D eigenvalue weighted by Gasteiger charge is -2.17. The predicted molar refractivity (Wildman–Crippen MR) is 79.7 cm³/mol. The van der Waals surface area contributed by atoms with Gasteiger partial charge in [0.25, 0.3) is 0 Å². The van der Waals surface area contributed by atoms with Crippen molar-refractivity contribution < 1.29 is 18.9 Å². The average molecular weight is 283 g/mol. The second kappa shape index (κ2) is 9.44. The predicted octanol–water partition coefficient (Wildman–Crippen LogP) is 2.90. The molecule has 0 spiro atoms. The zero-order chi connectivity index (χ0) is 14.8. The van der Waals surface area contributed by atoms with E-state index in [0.29, 0.717) is 19.0 Å². The van der Waals surface area contributed by atoms with Gasteiger partial charge < -0.3 is 24.3 Å². The molecule has 0 fully saturated rings. The zero-order valence-corrected chi connectivity index (χ0v) is 12.8. The van der Waals surface area contributed by atoms with Gasteiger partial charge in [-0.05, 0) is 26.0 Å². The van der Waals surface area contributed by atoms with E-state index in [1.807, 2.05) is 32.0 Å². The van der Waals surface area contributed by atoms with Gasteiger partial charge in [0.2, 0.25) is 0 Å². The second-order valence-corrected chi connectivity index (χ2v) is 4.13. The van der Waals surface area contributed by atoms with Crippen LogP contribution in [0, 0.1) is 0 Å². The van der Waals surface area contributed by atoms with E-state index < -0.39 is 0 Å². The fraction of sp³-hybridized carbons (Fsp3) is 0.600. The second-order valence-electron chi connectivity index (χ2n) is 4.13. The van der Waals surface area contributed by atoms with Crippen molar-refractivity contribution in [2.24, 2.45) is 0 Å². The Kier molecular flexibility index (Phi) is 7.84. The van der Waals surface area contributed by atoms with E-state index in [0.717, 1.165) is 24.4 Å². The molecule has 0 aliphatic heterocycles. The lowest BCUT2D eigenvalue weighted by atomic mass is 10.2. The molecule has 1 aromatic carbocycles. The molecule has 0 amide bonds. The van der Waals surface area contributed by atoms with Crippen molar-refractivity contribution in [3.63, 3.8) is 0 Å². The molecule has 114 valence electrons. The molecule has 0 saturated heterocycles. The summed E-state index contributed by atoms with van der Waals surface area (Å²) in [6.45, 7) is 6.00. The molecular weight excluding hydrogens is 258 g/mol. The first-order valence-electron chi connectivity index (χ1n) is 6.94. The molecular formula is C15H25NO4. The number of hydrogen-bond acceptors (Lipinski definition) is 5. The smallest absolute Gasteiger partial charge is 0.162 e. The van der Waals surface area contributed by atoms with E-state index in [-0.39, 0.29) is 6.29 Å². The maximum absolute atomic E-state index is 5.49. The zero-order valence-electron chi connectivity index (χ0n) is 12.8. The Labute approximate surface area is 121 Å². The summed E-state index contributed by atoms with van der Waals surface area (Å²) in [5, 5.41) is 3.32. The van der Waals surface area contributed by atoms with Gasteiger partial charge in [-0.15, -0.1) is 0 Å². The summed E-state index contributed by atoms with van der Waals surface area (Å²) in [6.07, 6.45) is 0.633. The minimum Gasteiger partial charge on any atom is -0.493 e. The summed E-state index contributed by atoms with van der Waals surface area (Å²) >= 11 is 0. The summed E-state index contributed by atoms with van der Waals surface area (Å²) in [6, 6.07) is 5.75. The van der Waals surface area contributed by atoms with Crippen LogP contribution in [0.3, 0.4) is 0 Å². The largest absolute Gasteiger partial charge is 0.493 e. The third-order valence-electron chi connectivity index (χ3n) is 2.80. The van der Waals surface area contributed by atoms with Crippen molar-refractivity contribution in [1.29, 1.82) is 0 Å². The van der Waals surface area contributed by atoms with Crippen molar-refractivity contribution in [2.75, 3.05) is 39.3 Å². The van der Waals surface area contributed by atoms with E-state index in [2.05, 4.69) is 5.32 Å². The topological polar surface area (TPSA) is 49.0 Å². The molecule has 5 heteroatoms. The van der Waals surface area contributed by atoms with Crippen LogP contribution in [0.5, 0.6) is 11.5 Å². The van der Waals surface area contributed by atoms with Gasteiger partial charge in [-0.25, -0.2) is 0 Å². The van der Waals surface area contributed by atoms with Crippen LogP contribution in [0.1, 0.15) is 20.3 Å². The van der Waals surface area contributed by atoms with E-state index >= 15 is 0 Å². The molecule has 0 aliphatic carbocycles. The number of hydrogen-bond donors (Lipinski definition) is 1. The minimum absolute atomic E-state index is 0.155. The van der Waals surface area contributed by atoms with Crippen LogP contribution in [0.4, 0.5) is 5.69 Å². The Bertz CT molecular complexity index is 378. The van der Waals surface area contributed by atoms with Gasteiger partial charge in [0.05, 0.1) is 14.2 Å². The highest BCUT2D eigenvalue weighted by atomic mass is 16.7. The number of anilines is 1. The van der Waals surface area contributed by atoms with Crippen molar-refractivity contribution >= 4 is 5.69 Å². The maximum atomic E-state index is 5.49. The van der Waals surface area contributed by atoms with E-state index in [1.54, 1.807) is 14.2 Å². The standard InChI is InChI=1S/C15H25NO4/c1-5-19-15(20-6-2)9-10-16-12-7-8-13(17-3)14(11-12)18-4/h7-8,11,15-16H,5-6,9-10H2,1-4H3. The van der Waals surface area contributed by atoms with Crippen molar-refractivity contribution in [2.45, 2.75) is 26.6 Å². The number of rotatable bonds is 10. The summed E-state index contributed by atoms with van der Waals surface area (Å²) in [4.78, 5) is 0. The van der Waals surface area contributed by atoms with Gasteiger partial charge >= 0.3 is 0 Å². The molecule has 0 aliphatic rings. The summed E-state index contributed by atoms with van der Waals surface area (Å²) in [5.41, 5.74) is 0.981. The Hall–Kier alpha value is -1.46. The van der Waals surface area contributed by atoms with Crippen molar-refractivity contribution in [3.05, 3.63) is 18.2 Å². The third-order valence-corrected chi connectivity index (χ3v) is 2.80. The first kappa shape index (κ1) is 16.6. The molecule has 0 bridgehead atoms. The van der Waals surface area contributed by atoms with E-state index in [9.17, 15) is 0 Å². The quantitative estimate of drug-likeness (QED) is 0.669. The molecule has 0 atom stereocenters. The molecule has 0 heterocycles. The lowest BCUT2D eigenvalue weighted by Crippen LogP contribution is -2.21. The van der Waals surface area contributed by atoms with Crippen molar-refractivity contribution in [1.82, 2.24) is 0 Å². The number of benzene rings is 1. The number of ether oxygens (including phenoxy) is 4. The van der Waals surface area contributed by atoms with Crippen LogP contribution in [-0.4, -0.2) is 40.3 Å². The van der Waals surface area contributed by atoms with Crippen LogP contribution in [-0.2, 0) is 9.47 Å². The maximum Gasteiger partial charge on any atom is 0.162 e. The normalized spacial score (nSPS) is 10.7. The Balaban J connectivity index is 2.48. The van der Waals surface area contributed by atoms with Crippen LogP contribution in [0.25, 0.3) is 0 Å². The first-order valence-corrected chi connectivity index (χ1v) is 6.94. The Morgan fingerprint density at radius 1 is 1.00 bits per heavy atom. The fourth-order valence-corrected chi connectivity index (χ4v) is 1.87. The van der Waals surface area contributed by atoms with Gasteiger partial charge in [0, 0.05) is 37.9 Å². The van der Waals surface area contributed by atoms with E-state index in [1.165, 1.54) is 0 Å². The lowest BCUT2D eigenvalue weighted by molar-refractivity contribution is -0.137. The minimum atomic E-state index is -0.155. The van der Waals surface area contributed by atoms with Gasteiger partial charge in [0.15, 0.2) is 17.8 Å². The molecule has 1 N–H and O–H groups in total. The van der Waals surface area contributed by atoms with Crippen LogP contribution >= 0.6 is 0 Å². The Morgan fingerprint density at radius 3 is 2.20 bits per heavy atom. The third kappa shape index (κ3) is 5.27. The first-order chi connectivity index (χ1) is 9.74. The van der Waals surface area contributed by atoms with Gasteiger partial charge in [-0.3, -0.25) is 0 Å². The van der Waals surface area contributed by atoms with Gasteiger partial charge in [0.1, 0.15) is 0 Å². The van der Waals surface area contributed by atoms with Crippen LogP contribution < -0.4 is 14.8 Å². The highest BCUT2D eigenvalue weighted by molar-refractivity contribution is 5.54. The number of nitrogens with one attached hydrogen (secondary N) is 1. The van der Waals surface area contributed by atoms with Crippen LogP contribution in [0.15, 0.2) is 18.2 Å². The van der Waals surface area contributed by atoms with Crippen LogP contribution in [0.2, 0.25) is 0 Å². The molecule has 0 aromatic heterocycles. The van der Waals surface area contributed by atoms with Crippen molar-refractivity contribution in [3.8, 4) is 11.5 Å². The van der Waals surface area contributed by atoms with Gasteiger partial charge in [-0.2, -0.15) is 0 Å². The SMILES string of the molecule is CCOC(CCNc1ccc(OC)c(OC)c1)OCC. The molecule has 20 heavy (non-hydrogen) atoms. The van der Waals surface area contributed by atoms with Gasteiger partial charge in [-0.1, -0.05) is 0 Å².